The van der Waals surface area contributed by atoms with Gasteiger partial charge < -0.3 is 9.63 Å². The van der Waals surface area contributed by atoms with Gasteiger partial charge in [-0.1, -0.05) is 55.3 Å². The molecule has 1 aromatic heterocycles. The normalized spacial score (nSPS) is 12.6. The number of carbonyl (C=O) groups is 1. The molecule has 2 aromatic carbocycles. The first-order valence-corrected chi connectivity index (χ1v) is 10.8. The number of primary sulfonamides is 1. The predicted octanol–water partition coefficient (Wildman–Crippen LogP) is 4.01. The van der Waals surface area contributed by atoms with Gasteiger partial charge in [-0.05, 0) is 36.2 Å². The molecule has 1 heterocycles. The molecule has 1 atom stereocenters. The Morgan fingerprint density at radius 1 is 1.10 bits per heavy atom. The van der Waals surface area contributed by atoms with Crippen LogP contribution in [0.2, 0.25) is 0 Å². The molecule has 1 unspecified atom stereocenters. The van der Waals surface area contributed by atoms with Gasteiger partial charge in [0, 0.05) is 5.56 Å². The van der Waals surface area contributed by atoms with Crippen LogP contribution in [0.5, 0.6) is 0 Å². The summed E-state index contributed by atoms with van der Waals surface area (Å²) in [5, 5.41) is 19.0. The second-order valence-corrected chi connectivity index (χ2v) is 8.30. The fraction of sp³-hybridized carbons (Fsp3) is 0.238. The Balaban J connectivity index is 2.16. The number of hydrogen-bond acceptors (Lipinski definition) is 5. The molecular weight excluding hydrogens is 392 g/mol. The van der Waals surface area contributed by atoms with Crippen LogP contribution in [0.4, 0.5) is 0 Å². The third kappa shape index (κ3) is 4.55. The molecule has 0 saturated carbocycles. The summed E-state index contributed by atoms with van der Waals surface area (Å²) in [5.74, 6) is -1.37. The lowest BCUT2D eigenvalue weighted by Gasteiger charge is -2.12. The van der Waals surface area contributed by atoms with E-state index in [0.717, 1.165) is 18.4 Å². The minimum Gasteiger partial charge on any atom is -0.481 e. The topological polar surface area (TPSA) is 123 Å². The minimum absolute atomic E-state index is 0.0198. The third-order valence-corrected chi connectivity index (χ3v) is 5.63. The molecule has 0 aliphatic heterocycles. The Kier molecular flexibility index (Phi) is 6.14. The number of hydrogen-bond donors (Lipinski definition) is 2. The van der Waals surface area contributed by atoms with E-state index in [1.54, 1.807) is 12.1 Å². The molecule has 29 heavy (non-hydrogen) atoms. The van der Waals surface area contributed by atoms with Crippen molar-refractivity contribution >= 4 is 16.0 Å². The fourth-order valence-corrected chi connectivity index (χ4v) is 3.72. The molecule has 8 heteroatoms. The number of rotatable bonds is 8. The van der Waals surface area contributed by atoms with Crippen LogP contribution in [0, 0.1) is 0 Å². The number of benzene rings is 2. The van der Waals surface area contributed by atoms with Crippen LogP contribution >= 0.6 is 0 Å². The van der Waals surface area contributed by atoms with Crippen molar-refractivity contribution in [2.75, 3.05) is 0 Å². The average molecular weight is 414 g/mol. The Hall–Kier alpha value is -2.97. The maximum absolute atomic E-state index is 11.9. The third-order valence-electron chi connectivity index (χ3n) is 4.70. The largest absolute Gasteiger partial charge is 0.481 e. The van der Waals surface area contributed by atoms with E-state index >= 15 is 0 Å². The maximum Gasteiger partial charge on any atom is 0.312 e. The highest BCUT2D eigenvalue weighted by Crippen LogP contribution is 2.39. The number of nitrogens with zero attached hydrogens (tertiary/aromatic N) is 1. The van der Waals surface area contributed by atoms with Gasteiger partial charge in [-0.25, -0.2) is 13.6 Å². The molecule has 3 rings (SSSR count). The zero-order valence-electron chi connectivity index (χ0n) is 15.9. The second kappa shape index (κ2) is 8.59. The minimum atomic E-state index is -3.82. The number of unbranched alkanes of at least 4 members (excludes halogenated alkanes) is 1. The number of sulfonamides is 1. The highest BCUT2D eigenvalue weighted by molar-refractivity contribution is 7.89. The standard InChI is InChI=1S/C21H22N2O5S/c1-2-3-9-17(21(24)25)19-18(14-7-5-4-6-8-14)20(28-23-19)15-10-12-16(13-11-15)29(22,26)27/h4-8,10-13,17H,2-3,9H2,1H3,(H,24,25)(H2,22,26,27). The zero-order valence-corrected chi connectivity index (χ0v) is 16.7. The fourth-order valence-electron chi connectivity index (χ4n) is 3.20. The van der Waals surface area contributed by atoms with Crippen LogP contribution in [-0.2, 0) is 14.8 Å². The molecule has 0 aliphatic rings. The number of aliphatic carboxylic acids is 1. The summed E-state index contributed by atoms with van der Waals surface area (Å²) in [6.45, 7) is 2.00. The van der Waals surface area contributed by atoms with Crippen molar-refractivity contribution in [1.82, 2.24) is 5.16 Å². The lowest BCUT2D eigenvalue weighted by molar-refractivity contribution is -0.139. The van der Waals surface area contributed by atoms with Crippen LogP contribution in [0.25, 0.3) is 22.5 Å². The number of aromatic nitrogens is 1. The van der Waals surface area contributed by atoms with E-state index in [9.17, 15) is 18.3 Å². The van der Waals surface area contributed by atoms with E-state index in [1.165, 1.54) is 12.1 Å². The van der Waals surface area contributed by atoms with Crippen LogP contribution in [0.1, 0.15) is 37.8 Å². The summed E-state index contributed by atoms with van der Waals surface area (Å²) >= 11 is 0. The number of carboxylic acid groups (broad SMARTS) is 1. The molecule has 0 aliphatic carbocycles. The Morgan fingerprint density at radius 2 is 1.76 bits per heavy atom. The van der Waals surface area contributed by atoms with E-state index in [2.05, 4.69) is 5.16 Å². The van der Waals surface area contributed by atoms with Crippen LogP contribution < -0.4 is 5.14 Å². The van der Waals surface area contributed by atoms with Crippen molar-refractivity contribution in [2.24, 2.45) is 5.14 Å². The van der Waals surface area contributed by atoms with Crippen molar-refractivity contribution in [3.05, 3.63) is 60.3 Å². The first-order chi connectivity index (χ1) is 13.8. The van der Waals surface area contributed by atoms with Gasteiger partial charge in [-0.3, -0.25) is 4.79 Å². The molecule has 0 fully saturated rings. The summed E-state index contributed by atoms with van der Waals surface area (Å²) in [6, 6.07) is 15.2. The highest BCUT2D eigenvalue weighted by atomic mass is 32.2. The molecule has 0 spiro atoms. The van der Waals surface area contributed by atoms with Gasteiger partial charge >= 0.3 is 5.97 Å². The van der Waals surface area contributed by atoms with E-state index in [1.807, 2.05) is 37.3 Å². The SMILES string of the molecule is CCCCC(C(=O)O)c1noc(-c2ccc(S(N)(=O)=O)cc2)c1-c1ccccc1. The van der Waals surface area contributed by atoms with Gasteiger partial charge in [0.25, 0.3) is 0 Å². The molecule has 0 bridgehead atoms. The van der Waals surface area contributed by atoms with E-state index in [-0.39, 0.29) is 4.90 Å². The first-order valence-electron chi connectivity index (χ1n) is 9.24. The molecule has 3 N–H and O–H groups in total. The Labute approximate surface area is 169 Å². The smallest absolute Gasteiger partial charge is 0.312 e. The van der Waals surface area contributed by atoms with Gasteiger partial charge in [0.05, 0.1) is 10.5 Å². The van der Waals surface area contributed by atoms with Gasteiger partial charge in [-0.2, -0.15) is 0 Å². The Bertz CT molecular complexity index is 1090. The molecular formula is C21H22N2O5S. The lowest BCUT2D eigenvalue weighted by atomic mass is 9.90. The zero-order chi connectivity index (χ0) is 21.0. The molecule has 7 nitrogen and oxygen atoms in total. The van der Waals surface area contributed by atoms with Crippen molar-refractivity contribution in [3.63, 3.8) is 0 Å². The second-order valence-electron chi connectivity index (χ2n) is 6.74. The summed E-state index contributed by atoms with van der Waals surface area (Å²) in [5.41, 5.74) is 2.31. The summed E-state index contributed by atoms with van der Waals surface area (Å²) in [7, 11) is -3.82. The van der Waals surface area contributed by atoms with Crippen molar-refractivity contribution in [1.29, 1.82) is 0 Å². The molecule has 152 valence electrons. The molecule has 0 radical (unpaired) electrons. The number of nitrogens with two attached hydrogens (primary N) is 1. The van der Waals surface area contributed by atoms with Gasteiger partial charge in [0.2, 0.25) is 10.0 Å². The quantitative estimate of drug-likeness (QED) is 0.574. The lowest BCUT2D eigenvalue weighted by Crippen LogP contribution is -2.13. The summed E-state index contributed by atoms with van der Waals surface area (Å²) in [4.78, 5) is 11.9. The van der Waals surface area contributed by atoms with Gasteiger partial charge in [0.1, 0.15) is 11.6 Å². The molecule has 3 aromatic rings. The monoisotopic (exact) mass is 414 g/mol. The predicted molar refractivity (Wildman–Crippen MR) is 109 cm³/mol. The van der Waals surface area contributed by atoms with Gasteiger partial charge in [0.15, 0.2) is 5.76 Å². The van der Waals surface area contributed by atoms with Crippen molar-refractivity contribution in [3.8, 4) is 22.5 Å². The molecule has 0 amide bonds. The van der Waals surface area contributed by atoms with E-state index < -0.39 is 21.9 Å². The maximum atomic E-state index is 11.9. The van der Waals surface area contributed by atoms with Crippen molar-refractivity contribution < 1.29 is 22.8 Å². The summed E-state index contributed by atoms with van der Waals surface area (Å²) < 4.78 is 28.6. The van der Waals surface area contributed by atoms with Crippen LogP contribution in [0.3, 0.4) is 0 Å². The highest BCUT2D eigenvalue weighted by Gasteiger charge is 2.30. The van der Waals surface area contributed by atoms with E-state index in [0.29, 0.717) is 29.0 Å². The van der Waals surface area contributed by atoms with Crippen molar-refractivity contribution in [2.45, 2.75) is 37.0 Å². The average Bonchev–Trinajstić information content (AvgIpc) is 3.13. The van der Waals surface area contributed by atoms with Crippen LogP contribution in [-0.4, -0.2) is 24.7 Å². The summed E-state index contributed by atoms with van der Waals surface area (Å²) in [6.07, 6.45) is 2.06. The van der Waals surface area contributed by atoms with Crippen LogP contribution in [0.15, 0.2) is 64.0 Å². The number of carboxylic acids is 1. The Morgan fingerprint density at radius 3 is 2.31 bits per heavy atom. The van der Waals surface area contributed by atoms with Gasteiger partial charge in [-0.15, -0.1) is 0 Å². The first kappa shape index (κ1) is 20.8. The molecule has 0 saturated heterocycles. The van der Waals surface area contributed by atoms with E-state index in [4.69, 9.17) is 9.66 Å².